The molecule has 0 fully saturated rings. The smallest absolute Gasteiger partial charge is 0.306 e. The summed E-state index contributed by atoms with van der Waals surface area (Å²) in [4.78, 5) is 37.4. The first-order chi connectivity index (χ1) is 18.8. The van der Waals surface area contributed by atoms with Crippen molar-refractivity contribution in [2.75, 3.05) is 39.0 Å². The number of hydrogen-bond acceptors (Lipinski definition) is 11. The molecule has 0 aliphatic rings. The molecule has 0 radical (unpaired) electrons. The number of nitrogens with two attached hydrogens (primary N) is 1. The van der Waals surface area contributed by atoms with E-state index in [2.05, 4.69) is 25.2 Å². The summed E-state index contributed by atoms with van der Waals surface area (Å²) >= 11 is 0. The number of fused-ring (bicyclic) bond motifs is 1. The first-order valence-electron chi connectivity index (χ1n) is 12.7. The van der Waals surface area contributed by atoms with Crippen molar-refractivity contribution in [3.8, 4) is 0 Å². The van der Waals surface area contributed by atoms with Gasteiger partial charge in [-0.2, -0.15) is 6.41 Å². The van der Waals surface area contributed by atoms with E-state index in [4.69, 9.17) is 25.4 Å². The van der Waals surface area contributed by atoms with Crippen LogP contribution in [-0.2, 0) is 32.2 Å². The third kappa shape index (κ3) is 12.3. The largest absolute Gasteiger partial charge is 0.529 e. The fourth-order valence-corrected chi connectivity index (χ4v) is 3.73. The Morgan fingerprint density at radius 3 is 2.60 bits per heavy atom. The third-order valence-corrected chi connectivity index (χ3v) is 5.64. The third-order valence-electron chi connectivity index (χ3n) is 5.64. The number of benzene rings is 1. The first kappa shape index (κ1) is 33.4. The van der Waals surface area contributed by atoms with E-state index >= 15 is 0 Å². The number of rotatable bonds is 16. The fraction of sp³-hybridized carbons (Fsp3) is 0.500. The van der Waals surface area contributed by atoms with Gasteiger partial charge in [-0.05, 0) is 38.4 Å². The van der Waals surface area contributed by atoms with Gasteiger partial charge in [0, 0.05) is 33.2 Å². The standard InChI is InChI=1S/C24H32N7O4.C2H6O2.Fm/c1-34-20(9-12-31-17-29-22-23(25)27-16-28-24(22)31)14-30(13-10-26-18-32)11-5-8-21(33)35-15-19-6-3-2-4-7-19;1-2(3)4;/h2-4,6-7,16-17,20H,5,8-15H2,1H3,(H,26,32)(H2,25,27,28);2-4H,1H3;/q-1;;/t20-;;/m0../s1. The Balaban J connectivity index is 0.00000150. The van der Waals surface area contributed by atoms with Crippen LogP contribution < -0.4 is 11.1 Å². The van der Waals surface area contributed by atoms with Crippen LogP contribution in [0.15, 0.2) is 43.0 Å². The molecular weight excluding hydrogens is 763 g/mol. The Kier molecular flexibility index (Phi) is 15.5. The molecule has 1 aromatic carbocycles. The van der Waals surface area contributed by atoms with E-state index in [1.54, 1.807) is 19.8 Å². The second-order valence-electron chi connectivity index (χ2n) is 8.73. The van der Waals surface area contributed by atoms with Crippen LogP contribution in [-0.4, -0.2) is 92.7 Å². The Morgan fingerprint density at radius 1 is 1.20 bits per heavy atom. The van der Waals surface area contributed by atoms with Crippen LogP contribution in [0.25, 0.3) is 11.2 Å². The minimum Gasteiger partial charge on any atom is -0.529 e. The Hall–Kier alpha value is -4.65. The van der Waals surface area contributed by atoms with Gasteiger partial charge in [0.1, 0.15) is 24.7 Å². The van der Waals surface area contributed by atoms with E-state index in [9.17, 15) is 9.59 Å². The monoisotopic (exact) mass is 801 g/mol. The predicted octanol–water partition coefficient (Wildman–Crippen LogP) is 0.613. The molecule has 1 amide bonds. The number of imidazole rings is 1. The molecule has 14 heteroatoms. The average molecular weight is 802 g/mol. The molecule has 13 nitrogen and oxygen atoms in total. The molecule has 0 spiro atoms. The molecule has 0 aliphatic carbocycles. The molecule has 0 unspecified atom stereocenters. The number of methoxy groups -OCH3 is 1. The van der Waals surface area contributed by atoms with Crippen LogP contribution in [0, 0.1) is 0 Å². The van der Waals surface area contributed by atoms with Gasteiger partial charge in [-0.3, -0.25) is 9.69 Å². The summed E-state index contributed by atoms with van der Waals surface area (Å²) in [6, 6.07) is 9.59. The van der Waals surface area contributed by atoms with Crippen molar-refractivity contribution in [2.45, 2.75) is 51.7 Å². The van der Waals surface area contributed by atoms with Crippen molar-refractivity contribution in [2.24, 2.45) is 0 Å². The normalized spacial score (nSPS) is 11.4. The summed E-state index contributed by atoms with van der Waals surface area (Å²) in [5.41, 5.74) is 8.09. The van der Waals surface area contributed by atoms with Crippen LogP contribution in [0.1, 0.15) is 31.7 Å². The Labute approximate surface area is 228 Å². The molecule has 226 valence electrons. The number of hydrogen-bond donors (Lipinski definition) is 4. The van der Waals surface area contributed by atoms with Gasteiger partial charge >= 0.3 is 5.97 Å². The number of aliphatic hydroxyl groups is 2. The summed E-state index contributed by atoms with van der Waals surface area (Å²) < 4.78 is 13.0. The van der Waals surface area contributed by atoms with Crippen LogP contribution >= 0.6 is 0 Å². The Bertz CT molecular complexity index is 1120. The number of ether oxygens (including phenoxy) is 2. The van der Waals surface area contributed by atoms with Crippen molar-refractivity contribution in [1.82, 2.24) is 29.7 Å². The number of aryl methyl sites for hydroxylation is 1. The molecular formula is C26H38FmN7O6-. The number of nitrogen functional groups attached to an aromatic ring is 1. The SMILES string of the molecule is CC(O)O.CO[C@@H](CCn1cnc2c(N)ncnc21)CN(CCCC(=O)OCc1ccccc1)CCN[C-]=O.[Fm]. The van der Waals surface area contributed by atoms with Crippen molar-refractivity contribution in [3.63, 3.8) is 0 Å². The minimum atomic E-state index is -1.17. The maximum Gasteiger partial charge on any atom is 0.306 e. The molecule has 3 rings (SSSR count). The van der Waals surface area contributed by atoms with E-state index in [0.29, 0.717) is 69.0 Å². The molecule has 0 bridgehead atoms. The van der Waals surface area contributed by atoms with E-state index in [1.165, 1.54) is 13.3 Å². The van der Waals surface area contributed by atoms with Gasteiger partial charge in [0.05, 0.1) is 12.4 Å². The van der Waals surface area contributed by atoms with Crippen molar-refractivity contribution < 1.29 is 29.3 Å². The first-order valence-corrected chi connectivity index (χ1v) is 12.7. The summed E-state index contributed by atoms with van der Waals surface area (Å²) in [5.74, 6) is 0.120. The molecule has 0 saturated heterocycles. The topological polar surface area (TPSA) is 178 Å². The number of carbonyl (C=O) groups is 1. The second kappa shape index (κ2) is 18.6. The summed E-state index contributed by atoms with van der Waals surface area (Å²) in [5, 5.41) is 17.8. The van der Waals surface area contributed by atoms with E-state index in [-0.39, 0.29) is 18.7 Å². The van der Waals surface area contributed by atoms with Gasteiger partial charge in [0.2, 0.25) is 0 Å². The van der Waals surface area contributed by atoms with E-state index in [1.807, 2.05) is 34.9 Å². The number of anilines is 1. The number of aliphatic hydroxyl groups excluding tert-OH is 1. The number of aromatic nitrogens is 4. The average Bonchev–Trinajstić information content (AvgIpc) is 3.34. The number of nitrogens with zero attached hydrogens (tertiary/aromatic N) is 5. The molecule has 1 atom stereocenters. The fourth-order valence-electron chi connectivity index (χ4n) is 3.73. The Morgan fingerprint density at radius 2 is 1.93 bits per heavy atom. The van der Waals surface area contributed by atoms with Gasteiger partial charge in [-0.15, -0.1) is 0 Å². The number of carbonyl (C=O) groups excluding carboxylic acids is 2. The van der Waals surface area contributed by atoms with Gasteiger partial charge in [0.25, 0.3) is 0 Å². The summed E-state index contributed by atoms with van der Waals surface area (Å²) in [6.07, 6.45) is 5.25. The van der Waals surface area contributed by atoms with E-state index < -0.39 is 6.29 Å². The molecule has 2 aromatic heterocycles. The quantitative estimate of drug-likeness (QED) is 0.0525. The summed E-state index contributed by atoms with van der Waals surface area (Å²) in [6.45, 7) is 4.57. The number of nitrogens with one attached hydrogen (secondary N) is 1. The number of amides is 1. The van der Waals surface area contributed by atoms with Crippen LogP contribution in [0.3, 0.4) is 0 Å². The predicted molar refractivity (Wildman–Crippen MR) is 145 cm³/mol. The zero-order valence-electron chi connectivity index (χ0n) is 22.7. The zero-order valence-corrected chi connectivity index (χ0v) is 25.1. The molecule has 0 saturated carbocycles. The maximum atomic E-state index is 12.1. The van der Waals surface area contributed by atoms with Crippen LogP contribution in [0.5, 0.6) is 0 Å². The molecule has 2 heterocycles. The van der Waals surface area contributed by atoms with Crippen molar-refractivity contribution >= 4 is 29.4 Å². The second-order valence-corrected chi connectivity index (χ2v) is 8.73. The maximum absolute atomic E-state index is 12.1. The molecule has 5 N–H and O–H groups in total. The van der Waals surface area contributed by atoms with Gasteiger partial charge in [-0.25, -0.2) is 15.0 Å². The van der Waals surface area contributed by atoms with Crippen molar-refractivity contribution in [3.05, 3.63) is 48.5 Å². The van der Waals surface area contributed by atoms with Crippen LogP contribution in [0.2, 0.25) is 0 Å². The summed E-state index contributed by atoms with van der Waals surface area (Å²) in [7, 11) is 1.67. The van der Waals surface area contributed by atoms with Crippen molar-refractivity contribution in [1.29, 1.82) is 0 Å². The van der Waals surface area contributed by atoms with Crippen LogP contribution in [0.4, 0.5) is 5.82 Å². The minimum absolute atomic E-state index is 0. The molecule has 40 heavy (non-hydrogen) atoms. The van der Waals surface area contributed by atoms with Gasteiger partial charge < -0.3 is 40.1 Å². The number of esters is 1. The zero-order chi connectivity index (χ0) is 28.5. The molecule has 0 aliphatic heterocycles. The molecule has 3 aromatic rings. The van der Waals surface area contributed by atoms with Gasteiger partial charge in [0.15, 0.2) is 11.5 Å². The van der Waals surface area contributed by atoms with Gasteiger partial charge in [-0.1, -0.05) is 30.3 Å². The van der Waals surface area contributed by atoms with E-state index in [0.717, 1.165) is 5.56 Å².